The van der Waals surface area contributed by atoms with Gasteiger partial charge < -0.3 is 0 Å². The lowest BCUT2D eigenvalue weighted by Crippen LogP contribution is -1.90. The monoisotopic (exact) mass is 152 g/mol. The molecule has 2 nitrogen and oxygen atoms in total. The van der Waals surface area contributed by atoms with Crippen molar-refractivity contribution in [3.63, 3.8) is 0 Å². The molecule has 0 unspecified atom stereocenters. The predicted molar refractivity (Wildman–Crippen MR) is 43.3 cm³/mol. The molecule has 0 aromatic heterocycles. The average molecular weight is 152 g/mol. The second-order valence-corrected chi connectivity index (χ2v) is 5.13. The van der Waals surface area contributed by atoms with E-state index in [1.165, 1.54) is 0 Å². The molecular formula is C4H12N2S2+2. The average Bonchev–Trinajstić information content (AvgIpc) is 1.61. The van der Waals surface area contributed by atoms with E-state index in [4.69, 9.17) is 0 Å². The van der Waals surface area contributed by atoms with E-state index >= 15 is 0 Å². The largest absolute Gasteiger partial charge is 0.149 e. The third-order valence-electron chi connectivity index (χ3n) is 0.360. The van der Waals surface area contributed by atoms with E-state index in [1.807, 2.05) is 0 Å². The maximum absolute atomic E-state index is 3.99. The van der Waals surface area contributed by atoms with Crippen LogP contribution < -0.4 is 0 Å². The van der Waals surface area contributed by atoms with E-state index in [-0.39, 0.29) is 22.2 Å². The molecule has 0 spiro atoms. The summed E-state index contributed by atoms with van der Waals surface area (Å²) in [6.45, 7) is 0. The molecule has 0 radical (unpaired) electrons. The molecule has 0 amide bonds. The molecule has 0 N–H and O–H groups in total. The second-order valence-electron chi connectivity index (χ2n) is 1.71. The van der Waals surface area contributed by atoms with Crippen LogP contribution in [-0.4, -0.2) is 25.0 Å². The highest BCUT2D eigenvalue weighted by molar-refractivity contribution is 7.96. The van der Waals surface area contributed by atoms with Gasteiger partial charge in [-0.1, -0.05) is 0 Å². The first-order valence-electron chi connectivity index (χ1n) is 2.20. The highest BCUT2D eigenvalue weighted by Crippen LogP contribution is 1.92. The van der Waals surface area contributed by atoms with Gasteiger partial charge in [0.15, 0.2) is 0 Å². The first kappa shape index (κ1) is 8.30. The van der Waals surface area contributed by atoms with Crippen LogP contribution in [0, 0.1) is 0 Å². The van der Waals surface area contributed by atoms with Crippen molar-refractivity contribution < 1.29 is 0 Å². The van der Waals surface area contributed by atoms with Crippen LogP contribution >= 0.6 is 0 Å². The van der Waals surface area contributed by atoms with E-state index in [0.717, 1.165) is 0 Å². The summed E-state index contributed by atoms with van der Waals surface area (Å²) < 4.78 is 7.98. The maximum atomic E-state index is 3.99. The topological polar surface area (TPSA) is 24.7 Å². The van der Waals surface area contributed by atoms with Crippen molar-refractivity contribution in [3.8, 4) is 0 Å². The molecule has 0 aliphatic heterocycles. The number of rotatable bonds is 2. The van der Waals surface area contributed by atoms with Gasteiger partial charge in [-0.25, -0.2) is 0 Å². The fraction of sp³-hybridized carbons (Fsp3) is 1.00. The van der Waals surface area contributed by atoms with Gasteiger partial charge in [0.2, 0.25) is 0 Å². The third kappa shape index (κ3) is 6.30. The van der Waals surface area contributed by atoms with E-state index in [0.29, 0.717) is 0 Å². The number of hydrogen-bond acceptors (Lipinski definition) is 2. The molecule has 0 atom stereocenters. The Kier molecular flexibility index (Phi) is 4.36. The molecule has 0 aromatic rings. The minimum atomic E-state index is 0.129. The Bertz CT molecular complexity index is 70.1. The summed E-state index contributed by atoms with van der Waals surface area (Å²) in [5.41, 5.74) is 0. The summed E-state index contributed by atoms with van der Waals surface area (Å²) >= 11 is 0.258. The van der Waals surface area contributed by atoms with Crippen LogP contribution in [-0.2, 0) is 22.2 Å². The SMILES string of the molecule is C[S+](C)N=N[S+](C)C. The zero-order chi connectivity index (χ0) is 6.57. The van der Waals surface area contributed by atoms with Crippen LogP contribution in [0.15, 0.2) is 9.04 Å². The van der Waals surface area contributed by atoms with Gasteiger partial charge >= 0.3 is 0 Å². The van der Waals surface area contributed by atoms with Crippen molar-refractivity contribution in [2.75, 3.05) is 25.0 Å². The van der Waals surface area contributed by atoms with Gasteiger partial charge in [0.1, 0.15) is 47.2 Å². The van der Waals surface area contributed by atoms with Gasteiger partial charge in [-0.05, 0) is 0 Å². The normalized spacial score (nSPS) is 12.2. The lowest BCUT2D eigenvalue weighted by Gasteiger charge is -1.77. The van der Waals surface area contributed by atoms with Gasteiger partial charge in [-0.2, -0.15) is 0 Å². The van der Waals surface area contributed by atoms with Gasteiger partial charge in [0, 0.05) is 0 Å². The van der Waals surface area contributed by atoms with Crippen LogP contribution in [0.25, 0.3) is 0 Å². The standard InChI is InChI=1S/C4H12N2S2/c1-7(2)5-6-8(3)4/h1-4H3/q+2. The summed E-state index contributed by atoms with van der Waals surface area (Å²) in [7, 11) is 0. The maximum Gasteiger partial charge on any atom is 0.149 e. The van der Waals surface area contributed by atoms with Gasteiger partial charge in [0.05, 0.1) is 9.04 Å². The third-order valence-corrected chi connectivity index (χ3v) is 1.28. The van der Waals surface area contributed by atoms with Crippen LogP contribution in [0.2, 0.25) is 0 Å². The van der Waals surface area contributed by atoms with E-state index < -0.39 is 0 Å². The van der Waals surface area contributed by atoms with Crippen LogP contribution in [0.3, 0.4) is 0 Å². The molecule has 0 rings (SSSR count). The van der Waals surface area contributed by atoms with E-state index in [1.54, 1.807) is 0 Å². The van der Waals surface area contributed by atoms with Crippen molar-refractivity contribution in [2.45, 2.75) is 0 Å². The summed E-state index contributed by atoms with van der Waals surface area (Å²) in [6.07, 6.45) is 8.21. The molecule has 0 saturated carbocycles. The lowest BCUT2D eigenvalue weighted by atomic mass is 11.9. The molecule has 0 aliphatic carbocycles. The molecule has 0 saturated heterocycles. The minimum Gasteiger partial charge on any atom is 0.0932 e. The van der Waals surface area contributed by atoms with Crippen LogP contribution in [0.1, 0.15) is 0 Å². The van der Waals surface area contributed by atoms with Crippen molar-refractivity contribution >= 4 is 22.2 Å². The Labute approximate surface area is 56.7 Å². The van der Waals surface area contributed by atoms with Gasteiger partial charge in [-0.3, -0.25) is 0 Å². The molecule has 0 aliphatic rings. The molecule has 0 heterocycles. The second kappa shape index (κ2) is 4.21. The zero-order valence-electron chi connectivity index (χ0n) is 5.71. The van der Waals surface area contributed by atoms with Crippen LogP contribution in [0.4, 0.5) is 0 Å². The first-order valence-corrected chi connectivity index (χ1v) is 6.19. The predicted octanol–water partition coefficient (Wildman–Crippen LogP) is 1.02. The lowest BCUT2D eigenvalue weighted by molar-refractivity contribution is 1.49. The zero-order valence-corrected chi connectivity index (χ0v) is 7.34. The molecule has 0 aromatic carbocycles. The first-order chi connectivity index (χ1) is 3.63. The van der Waals surface area contributed by atoms with Gasteiger partial charge in [0.25, 0.3) is 0 Å². The van der Waals surface area contributed by atoms with Crippen molar-refractivity contribution in [1.82, 2.24) is 0 Å². The van der Waals surface area contributed by atoms with Crippen molar-refractivity contribution in [1.29, 1.82) is 0 Å². The van der Waals surface area contributed by atoms with Crippen LogP contribution in [0.5, 0.6) is 0 Å². The Morgan fingerprint density at radius 1 is 0.750 bits per heavy atom. The van der Waals surface area contributed by atoms with Gasteiger partial charge in [-0.15, -0.1) is 0 Å². The smallest absolute Gasteiger partial charge is 0.0932 e. The highest BCUT2D eigenvalue weighted by atomic mass is 32.2. The molecule has 4 heteroatoms. The number of nitrogens with zero attached hydrogens (tertiary/aromatic N) is 2. The minimum absolute atomic E-state index is 0.129. The Morgan fingerprint density at radius 2 is 1.00 bits per heavy atom. The Balaban J connectivity index is 3.34. The molecule has 48 valence electrons. The van der Waals surface area contributed by atoms with Crippen molar-refractivity contribution in [3.05, 3.63) is 0 Å². The summed E-state index contributed by atoms with van der Waals surface area (Å²) in [5.74, 6) is 0. The fourth-order valence-corrected chi connectivity index (χ4v) is 1.20. The van der Waals surface area contributed by atoms with E-state index in [2.05, 4.69) is 34.1 Å². The summed E-state index contributed by atoms with van der Waals surface area (Å²) in [4.78, 5) is 0. The Morgan fingerprint density at radius 3 is 1.12 bits per heavy atom. The summed E-state index contributed by atoms with van der Waals surface area (Å²) in [6, 6.07) is 0. The van der Waals surface area contributed by atoms with Crippen molar-refractivity contribution in [2.24, 2.45) is 9.04 Å². The quantitative estimate of drug-likeness (QED) is 0.417. The summed E-state index contributed by atoms with van der Waals surface area (Å²) in [5, 5.41) is 0. The molecule has 0 bridgehead atoms. The molecule has 8 heavy (non-hydrogen) atoms. The highest BCUT2D eigenvalue weighted by Gasteiger charge is 2.03. The van der Waals surface area contributed by atoms with E-state index in [9.17, 15) is 0 Å². The molecular weight excluding hydrogens is 140 g/mol. The molecule has 0 fully saturated rings. The number of hydrogen-bond donors (Lipinski definition) is 0. The Hall–Kier alpha value is 0.300. The fourth-order valence-electron chi connectivity index (χ4n) is 0.133.